The average Bonchev–Trinajstić information content (AvgIpc) is 2.44. The first-order chi connectivity index (χ1) is 9.99. The minimum Gasteiger partial charge on any atom is -0.495 e. The summed E-state index contributed by atoms with van der Waals surface area (Å²) in [6, 6.07) is 11.1. The number of nitrogens with one attached hydrogen (secondary N) is 2. The molecule has 2 rings (SSSR count). The van der Waals surface area contributed by atoms with Crippen molar-refractivity contribution in [2.75, 3.05) is 17.7 Å². The summed E-state index contributed by atoms with van der Waals surface area (Å²) in [7, 11) is 1.60. The first kappa shape index (κ1) is 15.2. The molecular weight excluding hydrogens is 288 g/mol. The highest BCUT2D eigenvalue weighted by molar-refractivity contribution is 6.31. The molecule has 0 aromatic heterocycles. The van der Waals surface area contributed by atoms with Crippen molar-refractivity contribution in [3.05, 3.63) is 47.0 Å². The van der Waals surface area contributed by atoms with Gasteiger partial charge < -0.3 is 15.4 Å². The molecule has 4 nitrogen and oxygen atoms in total. The van der Waals surface area contributed by atoms with Crippen molar-refractivity contribution in [1.29, 1.82) is 0 Å². The van der Waals surface area contributed by atoms with E-state index in [9.17, 15) is 4.79 Å². The Labute approximate surface area is 129 Å². The van der Waals surface area contributed by atoms with E-state index in [2.05, 4.69) is 10.6 Å². The lowest BCUT2D eigenvalue weighted by Gasteiger charge is -2.13. The minimum absolute atomic E-state index is 0.0919. The summed E-state index contributed by atoms with van der Waals surface area (Å²) in [6.45, 7) is 3.42. The van der Waals surface area contributed by atoms with Crippen molar-refractivity contribution in [2.45, 2.75) is 13.8 Å². The Hall–Kier alpha value is -2.20. The van der Waals surface area contributed by atoms with Gasteiger partial charge >= 0.3 is 0 Å². The molecule has 110 valence electrons. The molecule has 2 N–H and O–H groups in total. The lowest BCUT2D eigenvalue weighted by Crippen LogP contribution is -2.05. The second-order valence-corrected chi connectivity index (χ2v) is 5.09. The number of methoxy groups -OCH3 is 1. The van der Waals surface area contributed by atoms with Gasteiger partial charge in [0.25, 0.3) is 0 Å². The number of anilines is 3. The molecule has 0 radical (unpaired) electrons. The molecule has 0 bridgehead atoms. The molecule has 2 aromatic rings. The van der Waals surface area contributed by atoms with E-state index in [0.29, 0.717) is 10.8 Å². The summed E-state index contributed by atoms with van der Waals surface area (Å²) >= 11 is 6.09. The summed E-state index contributed by atoms with van der Waals surface area (Å²) < 4.78 is 5.33. The summed E-state index contributed by atoms with van der Waals surface area (Å²) in [5.41, 5.74) is 3.46. The Balaban J connectivity index is 2.21. The Bertz CT molecular complexity index is 654. The standard InChI is InChI=1S/C16H17ClN2O2/c1-10-8-15(16(21-3)9-14(10)17)19-13-6-4-12(5-7-13)18-11(2)20/h4-9,19H,1-3H3,(H,18,20). The van der Waals surface area contributed by atoms with Gasteiger partial charge in [-0.2, -0.15) is 0 Å². The highest BCUT2D eigenvalue weighted by Crippen LogP contribution is 2.33. The van der Waals surface area contributed by atoms with Crippen LogP contribution >= 0.6 is 11.6 Å². The van der Waals surface area contributed by atoms with E-state index in [1.165, 1.54) is 6.92 Å². The van der Waals surface area contributed by atoms with Crippen molar-refractivity contribution >= 4 is 34.6 Å². The van der Waals surface area contributed by atoms with Gasteiger partial charge in [-0.05, 0) is 42.8 Å². The van der Waals surface area contributed by atoms with E-state index in [1.54, 1.807) is 13.2 Å². The van der Waals surface area contributed by atoms with E-state index >= 15 is 0 Å². The lowest BCUT2D eigenvalue weighted by atomic mass is 10.2. The van der Waals surface area contributed by atoms with E-state index < -0.39 is 0 Å². The molecule has 0 heterocycles. The Morgan fingerprint density at radius 3 is 2.33 bits per heavy atom. The van der Waals surface area contributed by atoms with Gasteiger partial charge in [-0.15, -0.1) is 0 Å². The Morgan fingerprint density at radius 2 is 1.76 bits per heavy atom. The van der Waals surface area contributed by atoms with Crippen LogP contribution in [-0.4, -0.2) is 13.0 Å². The van der Waals surface area contributed by atoms with Crippen LogP contribution in [0.5, 0.6) is 5.75 Å². The number of ether oxygens (including phenoxy) is 1. The highest BCUT2D eigenvalue weighted by Gasteiger charge is 2.07. The third-order valence-electron chi connectivity index (χ3n) is 2.97. The van der Waals surface area contributed by atoms with E-state index in [-0.39, 0.29) is 5.91 Å². The smallest absolute Gasteiger partial charge is 0.221 e. The van der Waals surface area contributed by atoms with Crippen LogP contribution in [-0.2, 0) is 4.79 Å². The largest absolute Gasteiger partial charge is 0.495 e. The maximum Gasteiger partial charge on any atom is 0.221 e. The van der Waals surface area contributed by atoms with Crippen LogP contribution in [0.15, 0.2) is 36.4 Å². The predicted molar refractivity (Wildman–Crippen MR) is 86.8 cm³/mol. The van der Waals surface area contributed by atoms with Crippen LogP contribution < -0.4 is 15.4 Å². The van der Waals surface area contributed by atoms with Crippen LogP contribution in [0.3, 0.4) is 0 Å². The number of halogens is 1. The molecule has 0 saturated carbocycles. The van der Waals surface area contributed by atoms with Crippen molar-refractivity contribution in [1.82, 2.24) is 0 Å². The van der Waals surface area contributed by atoms with Gasteiger partial charge in [0.2, 0.25) is 5.91 Å². The normalized spacial score (nSPS) is 10.1. The number of carbonyl (C=O) groups excluding carboxylic acids is 1. The van der Waals surface area contributed by atoms with Gasteiger partial charge in [-0.3, -0.25) is 4.79 Å². The van der Waals surface area contributed by atoms with E-state index in [4.69, 9.17) is 16.3 Å². The predicted octanol–water partition coefficient (Wildman–Crippen LogP) is 4.36. The zero-order chi connectivity index (χ0) is 15.4. The zero-order valence-electron chi connectivity index (χ0n) is 12.2. The van der Waals surface area contributed by atoms with Gasteiger partial charge in [0, 0.05) is 29.4 Å². The SMILES string of the molecule is COc1cc(Cl)c(C)cc1Nc1ccc(NC(C)=O)cc1. The van der Waals surface area contributed by atoms with Crippen molar-refractivity contribution < 1.29 is 9.53 Å². The average molecular weight is 305 g/mol. The molecule has 0 unspecified atom stereocenters. The monoisotopic (exact) mass is 304 g/mol. The first-order valence-corrected chi connectivity index (χ1v) is 6.86. The highest BCUT2D eigenvalue weighted by atomic mass is 35.5. The van der Waals surface area contributed by atoms with Gasteiger partial charge in [0.05, 0.1) is 12.8 Å². The molecule has 0 atom stereocenters. The molecule has 21 heavy (non-hydrogen) atoms. The van der Waals surface area contributed by atoms with Crippen LogP contribution in [0.1, 0.15) is 12.5 Å². The number of hydrogen-bond donors (Lipinski definition) is 2. The topological polar surface area (TPSA) is 50.4 Å². The molecule has 0 fully saturated rings. The molecule has 2 aromatic carbocycles. The molecule has 0 aliphatic carbocycles. The molecule has 1 amide bonds. The number of carbonyl (C=O) groups is 1. The quantitative estimate of drug-likeness (QED) is 0.882. The second kappa shape index (κ2) is 6.50. The second-order valence-electron chi connectivity index (χ2n) is 4.69. The van der Waals surface area contributed by atoms with Crippen LogP contribution in [0.4, 0.5) is 17.1 Å². The fraction of sp³-hybridized carbons (Fsp3) is 0.188. The fourth-order valence-corrected chi connectivity index (χ4v) is 2.08. The molecule has 0 aliphatic heterocycles. The maximum absolute atomic E-state index is 11.0. The molecular formula is C16H17ClN2O2. The number of amides is 1. The van der Waals surface area contributed by atoms with Gasteiger partial charge in [0.15, 0.2) is 0 Å². The van der Waals surface area contributed by atoms with Crippen LogP contribution in [0.25, 0.3) is 0 Å². The summed E-state index contributed by atoms with van der Waals surface area (Å²) in [5, 5.41) is 6.67. The number of rotatable bonds is 4. The summed E-state index contributed by atoms with van der Waals surface area (Å²) in [5.74, 6) is 0.585. The molecule has 0 saturated heterocycles. The third-order valence-corrected chi connectivity index (χ3v) is 3.37. The summed E-state index contributed by atoms with van der Waals surface area (Å²) in [6.07, 6.45) is 0. The van der Waals surface area contributed by atoms with Crippen molar-refractivity contribution in [2.24, 2.45) is 0 Å². The fourth-order valence-electron chi connectivity index (χ4n) is 1.93. The zero-order valence-corrected chi connectivity index (χ0v) is 12.9. The molecule has 0 aliphatic rings. The Morgan fingerprint density at radius 1 is 1.14 bits per heavy atom. The van der Waals surface area contributed by atoms with Gasteiger partial charge in [-0.25, -0.2) is 0 Å². The summed E-state index contributed by atoms with van der Waals surface area (Å²) in [4.78, 5) is 11.0. The Kier molecular flexibility index (Phi) is 4.70. The minimum atomic E-state index is -0.0919. The maximum atomic E-state index is 11.0. The van der Waals surface area contributed by atoms with Gasteiger partial charge in [-0.1, -0.05) is 11.6 Å². The van der Waals surface area contributed by atoms with Crippen molar-refractivity contribution in [3.63, 3.8) is 0 Å². The number of hydrogen-bond acceptors (Lipinski definition) is 3. The number of benzene rings is 2. The van der Waals surface area contributed by atoms with Crippen LogP contribution in [0, 0.1) is 6.92 Å². The van der Waals surface area contributed by atoms with Crippen LogP contribution in [0.2, 0.25) is 5.02 Å². The van der Waals surface area contributed by atoms with E-state index in [1.807, 2.05) is 37.3 Å². The van der Waals surface area contributed by atoms with Crippen molar-refractivity contribution in [3.8, 4) is 5.75 Å². The first-order valence-electron chi connectivity index (χ1n) is 6.48. The number of aryl methyl sites for hydroxylation is 1. The van der Waals surface area contributed by atoms with Gasteiger partial charge in [0.1, 0.15) is 5.75 Å². The van der Waals surface area contributed by atoms with E-state index in [0.717, 1.165) is 22.6 Å². The molecule has 0 spiro atoms. The lowest BCUT2D eigenvalue weighted by molar-refractivity contribution is -0.114. The third kappa shape index (κ3) is 3.89. The molecule has 5 heteroatoms.